The minimum Gasteiger partial charge on any atom is -0.478 e. The Kier molecular flexibility index (Phi) is 6.49. The first-order valence-corrected chi connectivity index (χ1v) is 13.1. The number of carbonyl (C=O) groups is 2. The van der Waals surface area contributed by atoms with Crippen LogP contribution in [0.15, 0.2) is 17.0 Å². The van der Waals surface area contributed by atoms with E-state index in [-0.39, 0.29) is 35.2 Å². The molecule has 0 unspecified atom stereocenters. The molecule has 2 fully saturated rings. The van der Waals surface area contributed by atoms with Crippen molar-refractivity contribution in [1.29, 1.82) is 0 Å². The van der Waals surface area contributed by atoms with Gasteiger partial charge >= 0.3 is 0 Å². The molecule has 0 aromatic heterocycles. The van der Waals surface area contributed by atoms with E-state index in [1.54, 1.807) is 13.0 Å². The Morgan fingerprint density at radius 2 is 1.97 bits per heavy atom. The first kappa shape index (κ1) is 23.0. The van der Waals surface area contributed by atoms with E-state index in [1.807, 2.05) is 11.8 Å². The van der Waals surface area contributed by atoms with E-state index < -0.39 is 16.1 Å². The maximum atomic E-state index is 13.6. The monoisotopic (exact) mass is 463 g/mol. The third kappa shape index (κ3) is 4.24. The van der Waals surface area contributed by atoms with Crippen LogP contribution in [0.2, 0.25) is 0 Å². The lowest BCUT2D eigenvalue weighted by Crippen LogP contribution is -2.50. The van der Waals surface area contributed by atoms with Crippen LogP contribution in [0.4, 0.5) is 5.69 Å². The number of ether oxygens (including phenoxy) is 1. The highest BCUT2D eigenvalue weighted by Crippen LogP contribution is 2.37. The van der Waals surface area contributed by atoms with E-state index >= 15 is 0 Å². The number of nitrogens with zero attached hydrogens (tertiary/aromatic N) is 2. The molecule has 3 heterocycles. The smallest absolute Gasteiger partial charge is 0.265 e. The predicted octanol–water partition coefficient (Wildman–Crippen LogP) is 2.91. The molecule has 9 heteroatoms. The summed E-state index contributed by atoms with van der Waals surface area (Å²) in [5.41, 5.74) is 1.03. The van der Waals surface area contributed by atoms with Gasteiger partial charge in [0, 0.05) is 31.7 Å². The fraction of sp³-hybridized carbons (Fsp3) is 0.652. The van der Waals surface area contributed by atoms with E-state index in [2.05, 4.69) is 12.2 Å². The van der Waals surface area contributed by atoms with Gasteiger partial charge in [-0.25, -0.2) is 8.42 Å². The SMILES string of the molecule is CC[C@@H]1Oc2cc(S(=O)(=O)N3CCC[C@@H](C(=O)N4CCCC[C@H]4C)C3)c(C)cc2NC1=O. The number of piperidine rings is 2. The second-order valence-electron chi connectivity index (χ2n) is 9.20. The topological polar surface area (TPSA) is 96.0 Å². The van der Waals surface area contributed by atoms with Gasteiger partial charge in [-0.15, -0.1) is 0 Å². The van der Waals surface area contributed by atoms with Crippen LogP contribution in [0.5, 0.6) is 5.75 Å². The third-order valence-electron chi connectivity index (χ3n) is 6.90. The molecule has 1 N–H and O–H groups in total. The minimum absolute atomic E-state index is 0.0797. The van der Waals surface area contributed by atoms with Crippen LogP contribution in [0, 0.1) is 12.8 Å². The lowest BCUT2D eigenvalue weighted by Gasteiger charge is -2.39. The fourth-order valence-electron chi connectivity index (χ4n) is 4.99. The number of amides is 2. The lowest BCUT2D eigenvalue weighted by molar-refractivity contribution is -0.140. The maximum absolute atomic E-state index is 13.6. The summed E-state index contributed by atoms with van der Waals surface area (Å²) >= 11 is 0. The van der Waals surface area contributed by atoms with Gasteiger partial charge in [0.15, 0.2) is 6.10 Å². The number of nitrogens with one attached hydrogen (secondary N) is 1. The largest absolute Gasteiger partial charge is 0.478 e. The number of rotatable bonds is 4. The highest BCUT2D eigenvalue weighted by molar-refractivity contribution is 7.89. The van der Waals surface area contributed by atoms with Gasteiger partial charge < -0.3 is 15.0 Å². The molecule has 4 rings (SSSR count). The number of benzene rings is 1. The molecule has 1 aromatic carbocycles. The van der Waals surface area contributed by atoms with Crippen LogP contribution in [0.25, 0.3) is 0 Å². The molecular formula is C23H33N3O5S. The van der Waals surface area contributed by atoms with Crippen molar-refractivity contribution in [2.75, 3.05) is 25.0 Å². The minimum atomic E-state index is -3.80. The molecule has 32 heavy (non-hydrogen) atoms. The van der Waals surface area contributed by atoms with Gasteiger partial charge in [0.2, 0.25) is 15.9 Å². The summed E-state index contributed by atoms with van der Waals surface area (Å²) in [5, 5.41) is 2.80. The van der Waals surface area contributed by atoms with Gasteiger partial charge in [-0.1, -0.05) is 6.92 Å². The summed E-state index contributed by atoms with van der Waals surface area (Å²) in [6, 6.07) is 3.37. The van der Waals surface area contributed by atoms with Crippen molar-refractivity contribution < 1.29 is 22.7 Å². The van der Waals surface area contributed by atoms with Gasteiger partial charge in [-0.2, -0.15) is 4.31 Å². The summed E-state index contributed by atoms with van der Waals surface area (Å²) in [6.07, 6.45) is 4.38. The Balaban J connectivity index is 1.57. The second-order valence-corrected chi connectivity index (χ2v) is 11.1. The number of carbonyl (C=O) groups excluding carboxylic acids is 2. The molecule has 3 atom stereocenters. The van der Waals surface area contributed by atoms with Gasteiger partial charge in [0.1, 0.15) is 5.75 Å². The molecule has 0 radical (unpaired) electrons. The average Bonchev–Trinajstić information content (AvgIpc) is 2.78. The summed E-state index contributed by atoms with van der Waals surface area (Å²) < 4.78 is 34.4. The molecule has 3 aliphatic rings. The van der Waals surface area contributed by atoms with Gasteiger partial charge in [-0.05, 0) is 64.0 Å². The second kappa shape index (κ2) is 9.02. The molecule has 1 aromatic rings. The van der Waals surface area contributed by atoms with Gasteiger partial charge in [0.25, 0.3) is 5.91 Å². The van der Waals surface area contributed by atoms with Crippen LogP contribution in [0.1, 0.15) is 57.9 Å². The average molecular weight is 464 g/mol. The van der Waals surface area contributed by atoms with Crippen LogP contribution in [-0.2, 0) is 19.6 Å². The maximum Gasteiger partial charge on any atom is 0.265 e. The zero-order valence-electron chi connectivity index (χ0n) is 19.1. The fourth-order valence-corrected chi connectivity index (χ4v) is 6.74. The number of fused-ring (bicyclic) bond motifs is 1. The summed E-state index contributed by atoms with van der Waals surface area (Å²) in [5.74, 6) is -0.0835. The van der Waals surface area contributed by atoms with Crippen molar-refractivity contribution in [3.63, 3.8) is 0 Å². The van der Waals surface area contributed by atoms with E-state index in [1.165, 1.54) is 10.4 Å². The molecule has 2 amide bonds. The lowest BCUT2D eigenvalue weighted by atomic mass is 9.95. The van der Waals surface area contributed by atoms with Crippen molar-refractivity contribution in [2.45, 2.75) is 76.3 Å². The first-order chi connectivity index (χ1) is 15.2. The molecule has 3 aliphatic heterocycles. The Morgan fingerprint density at radius 3 is 2.69 bits per heavy atom. The molecule has 0 bridgehead atoms. The quantitative estimate of drug-likeness (QED) is 0.741. The molecular weight excluding hydrogens is 430 g/mol. The van der Waals surface area contributed by atoms with Crippen LogP contribution < -0.4 is 10.1 Å². The Hall–Kier alpha value is -2.13. The molecule has 2 saturated heterocycles. The molecule has 8 nitrogen and oxygen atoms in total. The number of hydrogen-bond donors (Lipinski definition) is 1. The van der Waals surface area contributed by atoms with Crippen molar-refractivity contribution >= 4 is 27.5 Å². The van der Waals surface area contributed by atoms with Crippen molar-refractivity contribution in [1.82, 2.24) is 9.21 Å². The zero-order valence-corrected chi connectivity index (χ0v) is 19.9. The van der Waals surface area contributed by atoms with Gasteiger partial charge in [-0.3, -0.25) is 9.59 Å². The normalized spacial score (nSPS) is 26.8. The van der Waals surface area contributed by atoms with E-state index in [4.69, 9.17) is 4.74 Å². The van der Waals surface area contributed by atoms with Crippen molar-refractivity contribution in [2.24, 2.45) is 5.92 Å². The Labute approximate surface area is 190 Å². The summed E-state index contributed by atoms with van der Waals surface area (Å²) in [6.45, 7) is 6.99. The Bertz CT molecular complexity index is 1010. The molecule has 0 spiro atoms. The van der Waals surface area contributed by atoms with Crippen LogP contribution in [-0.4, -0.2) is 61.2 Å². The van der Waals surface area contributed by atoms with Crippen molar-refractivity contribution in [3.05, 3.63) is 17.7 Å². The molecule has 0 saturated carbocycles. The summed E-state index contributed by atoms with van der Waals surface area (Å²) in [7, 11) is -3.80. The molecule has 176 valence electrons. The third-order valence-corrected chi connectivity index (χ3v) is 8.91. The van der Waals surface area contributed by atoms with E-state index in [0.29, 0.717) is 42.8 Å². The Morgan fingerprint density at radius 1 is 1.19 bits per heavy atom. The van der Waals surface area contributed by atoms with Crippen LogP contribution in [0.3, 0.4) is 0 Å². The number of sulfonamides is 1. The predicted molar refractivity (Wildman–Crippen MR) is 121 cm³/mol. The number of anilines is 1. The van der Waals surface area contributed by atoms with Gasteiger partial charge in [0.05, 0.1) is 16.5 Å². The standard InChI is InChI=1S/C23H33N3O5S/c1-4-19-22(27)24-18-12-15(2)21(13-20(18)31-19)32(29,30)25-10-7-9-17(14-25)23(28)26-11-6-5-8-16(26)3/h12-13,16-17,19H,4-11,14H2,1-3H3,(H,24,27)/t16-,17-,19+/m1/s1. The van der Waals surface area contributed by atoms with E-state index in [9.17, 15) is 18.0 Å². The van der Waals surface area contributed by atoms with Crippen LogP contribution >= 0.6 is 0 Å². The first-order valence-electron chi connectivity index (χ1n) is 11.6. The summed E-state index contributed by atoms with van der Waals surface area (Å²) in [4.78, 5) is 27.4. The van der Waals surface area contributed by atoms with E-state index in [0.717, 1.165) is 25.8 Å². The number of likely N-dealkylation sites (tertiary alicyclic amines) is 1. The zero-order chi connectivity index (χ0) is 23.0. The number of aryl methyl sites for hydroxylation is 1. The van der Waals surface area contributed by atoms with Crippen molar-refractivity contribution in [3.8, 4) is 5.75 Å². The molecule has 0 aliphatic carbocycles. The highest BCUT2D eigenvalue weighted by Gasteiger charge is 2.38. The number of hydrogen-bond acceptors (Lipinski definition) is 5. The highest BCUT2D eigenvalue weighted by atomic mass is 32.2.